The van der Waals surface area contributed by atoms with E-state index in [0.717, 1.165) is 0 Å². The molecule has 0 bridgehead atoms. The second kappa shape index (κ2) is 6.56. The van der Waals surface area contributed by atoms with E-state index in [9.17, 15) is 8.42 Å². The van der Waals surface area contributed by atoms with Crippen LogP contribution in [0.1, 0.15) is 6.42 Å². The van der Waals surface area contributed by atoms with Gasteiger partial charge in [-0.2, -0.15) is 0 Å². The van der Waals surface area contributed by atoms with E-state index in [1.807, 2.05) is 0 Å². The molecule has 1 N–H and O–H groups in total. The van der Waals surface area contributed by atoms with Gasteiger partial charge >= 0.3 is 0 Å². The standard InChI is InChI=1S/C10H13Cl2NO3S/c1-16-6-2-5-13-17(14,15)10-4-3-8(11)7-9(10)12/h3-4,7,13H,2,5-6H2,1H3. The van der Waals surface area contributed by atoms with Crippen molar-refractivity contribution in [2.75, 3.05) is 20.3 Å². The smallest absolute Gasteiger partial charge is 0.242 e. The van der Waals surface area contributed by atoms with Gasteiger partial charge in [0.15, 0.2) is 0 Å². The number of rotatable bonds is 6. The topological polar surface area (TPSA) is 55.4 Å². The highest BCUT2D eigenvalue weighted by atomic mass is 35.5. The van der Waals surface area contributed by atoms with Gasteiger partial charge in [-0.05, 0) is 24.6 Å². The van der Waals surface area contributed by atoms with Crippen molar-refractivity contribution in [1.82, 2.24) is 4.72 Å². The monoisotopic (exact) mass is 297 g/mol. The fraction of sp³-hybridized carbons (Fsp3) is 0.400. The molecule has 0 aliphatic heterocycles. The summed E-state index contributed by atoms with van der Waals surface area (Å²) in [7, 11) is -2.02. The fourth-order valence-electron chi connectivity index (χ4n) is 1.19. The number of hydrogen-bond donors (Lipinski definition) is 1. The van der Waals surface area contributed by atoms with Gasteiger partial charge < -0.3 is 4.74 Å². The molecule has 7 heteroatoms. The van der Waals surface area contributed by atoms with Crippen molar-refractivity contribution in [3.05, 3.63) is 28.2 Å². The van der Waals surface area contributed by atoms with Crippen LogP contribution in [0.15, 0.2) is 23.1 Å². The molecule has 0 aromatic heterocycles. The van der Waals surface area contributed by atoms with E-state index < -0.39 is 10.0 Å². The Morgan fingerprint density at radius 1 is 1.35 bits per heavy atom. The first-order chi connectivity index (χ1) is 7.97. The molecule has 0 amide bonds. The van der Waals surface area contributed by atoms with Gasteiger partial charge in [0.1, 0.15) is 4.90 Å². The Hall–Kier alpha value is -0.330. The molecule has 0 radical (unpaired) electrons. The Balaban J connectivity index is 2.76. The quantitative estimate of drug-likeness (QED) is 0.820. The molecule has 0 aliphatic carbocycles. The van der Waals surface area contributed by atoms with Crippen LogP contribution in [-0.2, 0) is 14.8 Å². The van der Waals surface area contributed by atoms with E-state index in [2.05, 4.69) is 4.72 Å². The van der Waals surface area contributed by atoms with Gasteiger partial charge in [0, 0.05) is 25.3 Å². The Morgan fingerprint density at radius 2 is 2.06 bits per heavy atom. The lowest BCUT2D eigenvalue weighted by molar-refractivity contribution is 0.196. The van der Waals surface area contributed by atoms with Crippen LogP contribution in [0.3, 0.4) is 0 Å². The minimum absolute atomic E-state index is 0.0287. The highest BCUT2D eigenvalue weighted by molar-refractivity contribution is 7.89. The molecule has 4 nitrogen and oxygen atoms in total. The summed E-state index contributed by atoms with van der Waals surface area (Å²) in [6.45, 7) is 0.798. The van der Waals surface area contributed by atoms with Crippen molar-refractivity contribution in [2.45, 2.75) is 11.3 Å². The van der Waals surface area contributed by atoms with E-state index in [1.165, 1.54) is 18.2 Å². The highest BCUT2D eigenvalue weighted by Crippen LogP contribution is 2.24. The molecular weight excluding hydrogens is 285 g/mol. The van der Waals surface area contributed by atoms with Crippen molar-refractivity contribution in [1.29, 1.82) is 0 Å². The molecule has 96 valence electrons. The first kappa shape index (κ1) is 14.7. The van der Waals surface area contributed by atoms with Gasteiger partial charge in [-0.25, -0.2) is 13.1 Å². The Morgan fingerprint density at radius 3 is 2.65 bits per heavy atom. The molecule has 0 unspecified atom stereocenters. The van der Waals surface area contributed by atoms with E-state index >= 15 is 0 Å². The van der Waals surface area contributed by atoms with E-state index in [0.29, 0.717) is 24.6 Å². The lowest BCUT2D eigenvalue weighted by atomic mass is 10.4. The van der Waals surface area contributed by atoms with Gasteiger partial charge in [-0.15, -0.1) is 0 Å². The first-order valence-corrected chi connectivity index (χ1v) is 7.15. The summed E-state index contributed by atoms with van der Waals surface area (Å²) in [5.74, 6) is 0. The molecule has 1 aromatic rings. The normalized spacial score (nSPS) is 11.7. The van der Waals surface area contributed by atoms with Crippen LogP contribution in [0.5, 0.6) is 0 Å². The molecule has 0 saturated carbocycles. The fourth-order valence-corrected chi connectivity index (χ4v) is 3.04. The van der Waals surface area contributed by atoms with Gasteiger partial charge in [0.2, 0.25) is 10.0 Å². The summed E-state index contributed by atoms with van der Waals surface area (Å²) in [6.07, 6.45) is 0.598. The predicted molar refractivity (Wildman–Crippen MR) is 68.1 cm³/mol. The van der Waals surface area contributed by atoms with Crippen molar-refractivity contribution in [3.8, 4) is 0 Å². The van der Waals surface area contributed by atoms with Gasteiger partial charge in [-0.1, -0.05) is 23.2 Å². The maximum Gasteiger partial charge on any atom is 0.242 e. The Bertz CT molecular complexity index is 476. The molecule has 0 saturated heterocycles. The van der Waals surface area contributed by atoms with Crippen molar-refractivity contribution in [2.24, 2.45) is 0 Å². The minimum Gasteiger partial charge on any atom is -0.385 e. The second-order valence-electron chi connectivity index (χ2n) is 3.32. The van der Waals surface area contributed by atoms with Crippen LogP contribution in [-0.4, -0.2) is 28.7 Å². The maximum absolute atomic E-state index is 11.8. The molecular formula is C10H13Cl2NO3S. The third-order valence-corrected chi connectivity index (χ3v) is 4.18. The van der Waals surface area contributed by atoms with Crippen molar-refractivity contribution in [3.63, 3.8) is 0 Å². The third kappa shape index (κ3) is 4.44. The van der Waals surface area contributed by atoms with Crippen LogP contribution in [0.2, 0.25) is 10.0 Å². The second-order valence-corrected chi connectivity index (χ2v) is 5.90. The van der Waals surface area contributed by atoms with Crippen LogP contribution >= 0.6 is 23.2 Å². The van der Waals surface area contributed by atoms with Crippen LogP contribution < -0.4 is 4.72 Å². The van der Waals surface area contributed by atoms with Crippen LogP contribution in [0, 0.1) is 0 Å². The number of halogens is 2. The molecule has 0 heterocycles. The lowest BCUT2D eigenvalue weighted by Crippen LogP contribution is -2.25. The van der Waals surface area contributed by atoms with E-state index in [-0.39, 0.29) is 9.92 Å². The third-order valence-electron chi connectivity index (χ3n) is 2.00. The largest absolute Gasteiger partial charge is 0.385 e. The Labute approximate surface area is 111 Å². The van der Waals surface area contributed by atoms with Crippen LogP contribution in [0.25, 0.3) is 0 Å². The number of benzene rings is 1. The lowest BCUT2D eigenvalue weighted by Gasteiger charge is -2.08. The average molecular weight is 298 g/mol. The SMILES string of the molecule is COCCCNS(=O)(=O)c1ccc(Cl)cc1Cl. The number of nitrogens with one attached hydrogen (secondary N) is 1. The predicted octanol–water partition coefficient (Wildman–Crippen LogP) is 2.31. The summed E-state index contributed by atoms with van der Waals surface area (Å²) in [4.78, 5) is 0.0287. The molecule has 0 fully saturated rings. The van der Waals surface area contributed by atoms with Crippen molar-refractivity contribution >= 4 is 33.2 Å². The van der Waals surface area contributed by atoms with Crippen molar-refractivity contribution < 1.29 is 13.2 Å². The maximum atomic E-state index is 11.8. The molecule has 1 rings (SSSR count). The number of hydrogen-bond acceptors (Lipinski definition) is 3. The van der Waals surface area contributed by atoms with E-state index in [4.69, 9.17) is 27.9 Å². The van der Waals surface area contributed by atoms with Gasteiger partial charge in [0.25, 0.3) is 0 Å². The van der Waals surface area contributed by atoms with Gasteiger partial charge in [-0.3, -0.25) is 0 Å². The summed E-state index contributed by atoms with van der Waals surface area (Å²) in [6, 6.07) is 4.26. The zero-order valence-electron chi connectivity index (χ0n) is 9.24. The molecule has 17 heavy (non-hydrogen) atoms. The number of sulfonamides is 1. The van der Waals surface area contributed by atoms with Crippen LogP contribution in [0.4, 0.5) is 0 Å². The molecule has 1 aromatic carbocycles. The summed E-state index contributed by atoms with van der Waals surface area (Å²) in [5, 5.41) is 0.505. The first-order valence-electron chi connectivity index (χ1n) is 4.91. The Kier molecular flexibility index (Phi) is 5.69. The minimum atomic E-state index is -3.58. The number of ether oxygens (including phenoxy) is 1. The summed E-state index contributed by atoms with van der Waals surface area (Å²) < 4.78 is 31.0. The molecule has 0 aliphatic rings. The zero-order valence-corrected chi connectivity index (χ0v) is 11.6. The van der Waals surface area contributed by atoms with E-state index in [1.54, 1.807) is 7.11 Å². The zero-order chi connectivity index (χ0) is 12.9. The van der Waals surface area contributed by atoms with Gasteiger partial charge in [0.05, 0.1) is 5.02 Å². The number of methoxy groups -OCH3 is 1. The summed E-state index contributed by atoms with van der Waals surface area (Å²) >= 11 is 11.5. The molecule has 0 spiro atoms. The highest BCUT2D eigenvalue weighted by Gasteiger charge is 2.17. The average Bonchev–Trinajstić information content (AvgIpc) is 2.24. The summed E-state index contributed by atoms with van der Waals surface area (Å²) in [5.41, 5.74) is 0. The molecule has 0 atom stereocenters.